The zero-order chi connectivity index (χ0) is 52.3. The number of aliphatic carboxylic acids is 1. The maximum absolute atomic E-state index is 13.5. The molecular weight excluding hydrogens is 959 g/mol. The molecule has 390 valence electrons. The van der Waals surface area contributed by atoms with Crippen LogP contribution in [0.4, 0.5) is 26.3 Å². The van der Waals surface area contributed by atoms with Gasteiger partial charge < -0.3 is 26.0 Å². The van der Waals surface area contributed by atoms with E-state index in [0.29, 0.717) is 64.4 Å². The molecule has 6 aliphatic carbocycles. The summed E-state index contributed by atoms with van der Waals surface area (Å²) in [5.41, 5.74) is 8.82. The number of carbonyl (C=O) groups is 4. The van der Waals surface area contributed by atoms with Crippen molar-refractivity contribution in [2.75, 3.05) is 7.11 Å². The maximum Gasteiger partial charge on any atom is 0.416 e. The first-order chi connectivity index (χ1) is 33.7. The summed E-state index contributed by atoms with van der Waals surface area (Å²) in [7, 11) is 1.38. The third-order valence-corrected chi connectivity index (χ3v) is 14.4. The summed E-state index contributed by atoms with van der Waals surface area (Å²) in [6.07, 6.45) is -2.37. The van der Waals surface area contributed by atoms with Gasteiger partial charge in [0.05, 0.1) is 42.1 Å². The van der Waals surface area contributed by atoms with E-state index in [2.05, 4.69) is 15.5 Å². The van der Waals surface area contributed by atoms with Gasteiger partial charge in [0, 0.05) is 33.9 Å². The van der Waals surface area contributed by atoms with Gasteiger partial charge in [0.25, 0.3) is 5.91 Å². The van der Waals surface area contributed by atoms with Crippen molar-refractivity contribution in [2.24, 2.45) is 16.6 Å². The van der Waals surface area contributed by atoms with E-state index in [0.717, 1.165) is 73.9 Å². The Morgan fingerprint density at radius 1 is 0.658 bits per heavy atom. The first kappa shape index (κ1) is 54.0. The van der Waals surface area contributed by atoms with E-state index in [9.17, 15) is 50.6 Å². The van der Waals surface area contributed by atoms with Gasteiger partial charge in [-0.2, -0.15) is 36.5 Å². The zero-order valence-corrected chi connectivity index (χ0v) is 40.4. The number of methoxy groups -OCH3 is 1. The van der Waals surface area contributed by atoms with E-state index in [-0.39, 0.29) is 59.0 Å². The molecule has 0 unspecified atom stereocenters. The van der Waals surface area contributed by atoms with Crippen LogP contribution in [0.1, 0.15) is 153 Å². The van der Waals surface area contributed by atoms with Crippen molar-refractivity contribution < 1.29 is 60.5 Å². The number of hydrogen-bond donors (Lipinski definition) is 4. The molecular formula is C54H60F6N6O7. The monoisotopic (exact) mass is 1020 g/mol. The molecule has 0 spiro atoms. The number of amides is 1. The highest BCUT2D eigenvalue weighted by Gasteiger charge is 2.69. The summed E-state index contributed by atoms with van der Waals surface area (Å²) in [5, 5.41) is 31.2. The van der Waals surface area contributed by atoms with Crippen LogP contribution in [0.2, 0.25) is 0 Å². The number of benzene rings is 4. The fourth-order valence-electron chi connectivity index (χ4n) is 11.6. The lowest BCUT2D eigenvalue weighted by molar-refractivity contribution is -0.175. The van der Waals surface area contributed by atoms with E-state index in [1.54, 1.807) is 27.6 Å². The third-order valence-electron chi connectivity index (χ3n) is 14.4. The van der Waals surface area contributed by atoms with Crippen LogP contribution in [0.5, 0.6) is 0 Å². The Kier molecular flexibility index (Phi) is 14.5. The molecule has 6 aliphatic rings. The molecule has 0 aliphatic heterocycles. The number of fused-ring (bicyclic) bond motifs is 2. The van der Waals surface area contributed by atoms with Crippen LogP contribution in [-0.4, -0.2) is 71.8 Å². The van der Waals surface area contributed by atoms with Crippen molar-refractivity contribution in [1.82, 2.24) is 24.9 Å². The minimum atomic E-state index is -4.39. The minimum absolute atomic E-state index is 0. The molecule has 19 heteroatoms. The number of aromatic nitrogens is 4. The van der Waals surface area contributed by atoms with Gasteiger partial charge in [0.1, 0.15) is 0 Å². The van der Waals surface area contributed by atoms with Crippen LogP contribution < -0.4 is 11.1 Å². The van der Waals surface area contributed by atoms with Crippen molar-refractivity contribution in [3.05, 3.63) is 130 Å². The summed E-state index contributed by atoms with van der Waals surface area (Å²) in [6.45, 7) is 7.77. The van der Waals surface area contributed by atoms with E-state index >= 15 is 0 Å². The van der Waals surface area contributed by atoms with Gasteiger partial charge >= 0.3 is 30.3 Å². The lowest BCUT2D eigenvalue weighted by atomic mass is 9.38. The fraction of sp³-hybridized carbons (Fsp3) is 0.444. The van der Waals surface area contributed by atoms with Crippen LogP contribution in [0, 0.1) is 10.8 Å². The molecule has 4 bridgehead atoms. The molecule has 6 fully saturated rings. The number of halogens is 6. The molecule has 4 aromatic carbocycles. The van der Waals surface area contributed by atoms with Crippen molar-refractivity contribution in [1.29, 1.82) is 0 Å². The number of carbonyl (C=O) groups excluding carboxylic acids is 2. The van der Waals surface area contributed by atoms with Gasteiger partial charge in [0.15, 0.2) is 11.4 Å². The first-order valence-corrected chi connectivity index (χ1v) is 23.6. The number of rotatable bonds is 13. The van der Waals surface area contributed by atoms with Crippen molar-refractivity contribution >= 4 is 45.6 Å². The number of ether oxygens (including phenoxy) is 1. The largest absolute Gasteiger partial charge is 0.481 e. The average molecular weight is 1020 g/mol. The van der Waals surface area contributed by atoms with Crippen LogP contribution in [0.25, 0.3) is 21.8 Å². The molecule has 0 atom stereocenters. The number of alkyl halides is 6. The number of hydrogen-bond acceptors (Lipinski definition) is 8. The number of esters is 1. The highest BCUT2D eigenvalue weighted by molar-refractivity contribution is 6.07. The molecule has 13 nitrogen and oxygen atoms in total. The molecule has 12 rings (SSSR count). The molecule has 2 aromatic heterocycles. The Balaban J connectivity index is 0.000000183. The topological polar surface area (TPSA) is 192 Å². The number of nitrogens with one attached hydrogen (secondary N) is 1. The lowest BCUT2D eigenvalue weighted by Gasteiger charge is -2.70. The van der Waals surface area contributed by atoms with Gasteiger partial charge in [-0.25, -0.2) is 4.79 Å². The summed E-state index contributed by atoms with van der Waals surface area (Å²) >= 11 is 0. The van der Waals surface area contributed by atoms with E-state index in [4.69, 9.17) is 15.6 Å². The molecule has 2 heterocycles. The number of aromatic carboxylic acids is 1. The van der Waals surface area contributed by atoms with Crippen molar-refractivity contribution in [2.45, 2.75) is 135 Å². The number of nitrogens with zero attached hydrogens (tertiary/aromatic N) is 4. The van der Waals surface area contributed by atoms with Crippen LogP contribution in [0.15, 0.2) is 84.9 Å². The van der Waals surface area contributed by atoms with Crippen molar-refractivity contribution in [3.8, 4) is 0 Å². The SMILES string of the molecule is C.CC(C)n1nc(C(=O)O)c2c(Cc3ccc(C(F)(F)F)cc3)cccc21.COC(=O)CC12CC(NC(=O)c3nn(C(C)C)c4cccc(Cc5ccc(C(F)(F)F)cc5)c34)(C1)C2.NC12CC(CC(=O)O)(C1)C2. The second kappa shape index (κ2) is 19.6. The third kappa shape index (κ3) is 11.0. The van der Waals surface area contributed by atoms with Gasteiger partial charge in [-0.3, -0.25) is 23.7 Å². The van der Waals surface area contributed by atoms with E-state index in [1.165, 1.54) is 31.4 Å². The lowest BCUT2D eigenvalue weighted by Crippen LogP contribution is -2.75. The minimum Gasteiger partial charge on any atom is -0.481 e. The maximum atomic E-state index is 13.5. The molecule has 6 saturated carbocycles. The zero-order valence-electron chi connectivity index (χ0n) is 40.4. The predicted octanol–water partition coefficient (Wildman–Crippen LogP) is 11.3. The summed E-state index contributed by atoms with van der Waals surface area (Å²) in [6, 6.07) is 21.0. The second-order valence-electron chi connectivity index (χ2n) is 20.9. The van der Waals surface area contributed by atoms with Crippen LogP contribution in [-0.2, 0) is 39.5 Å². The van der Waals surface area contributed by atoms with E-state index < -0.39 is 35.4 Å². The average Bonchev–Trinajstić information content (AvgIpc) is 3.86. The molecule has 0 saturated heterocycles. The summed E-state index contributed by atoms with van der Waals surface area (Å²) in [4.78, 5) is 47.1. The Hall–Kier alpha value is -6.76. The molecule has 6 aromatic rings. The van der Waals surface area contributed by atoms with Crippen LogP contribution >= 0.6 is 0 Å². The smallest absolute Gasteiger partial charge is 0.416 e. The normalized spacial score (nSPS) is 22.3. The number of nitrogens with two attached hydrogens (primary N) is 1. The van der Waals surface area contributed by atoms with Gasteiger partial charge in [-0.15, -0.1) is 0 Å². The standard InChI is InChI=1S/C27H28F3N3O3.C19H17F3N2O2.C7H11NO2.CH4/c1-16(2)33-20-6-4-5-18(11-17-7-9-19(10-8-17)27(28,29)30)22(20)23(32-33)24(35)31-26-13-25(14-26,15-26)12-21(34)36-3;1-11(2)24-15-5-3-4-13(16(15)17(23-24)18(25)26)10-12-6-8-14(9-7-12)19(20,21)22;8-7-2-6(3-7,4-7)1-5(9)10;/h4-10,16H,11-15H2,1-3H3,(H,31,35);3-9,11H,10H2,1-2H3,(H,25,26);1-4,8H2,(H,9,10);1H4. The Labute approximate surface area is 418 Å². The van der Waals surface area contributed by atoms with Gasteiger partial charge in [-0.1, -0.05) is 56.0 Å². The predicted molar refractivity (Wildman–Crippen MR) is 261 cm³/mol. The van der Waals surface area contributed by atoms with Crippen LogP contribution in [0.3, 0.4) is 0 Å². The van der Waals surface area contributed by atoms with E-state index in [1.807, 2.05) is 45.9 Å². The first-order valence-electron chi connectivity index (χ1n) is 23.6. The Bertz CT molecular complexity index is 3030. The Morgan fingerprint density at radius 3 is 1.44 bits per heavy atom. The van der Waals surface area contributed by atoms with Crippen molar-refractivity contribution in [3.63, 3.8) is 0 Å². The second-order valence-corrected chi connectivity index (χ2v) is 20.9. The summed E-state index contributed by atoms with van der Waals surface area (Å²) < 4.78 is 85.3. The molecule has 5 N–H and O–H groups in total. The quantitative estimate of drug-likeness (QED) is 0.0639. The number of carboxylic acids is 2. The molecule has 1 amide bonds. The Morgan fingerprint density at radius 2 is 1.07 bits per heavy atom. The summed E-state index contributed by atoms with van der Waals surface area (Å²) in [5.74, 6) is -2.31. The molecule has 73 heavy (non-hydrogen) atoms. The highest BCUT2D eigenvalue weighted by Crippen LogP contribution is 2.69. The van der Waals surface area contributed by atoms with Gasteiger partial charge in [0.2, 0.25) is 0 Å². The molecule has 0 radical (unpaired) electrons. The number of carboxylic acid groups (broad SMARTS) is 2. The van der Waals surface area contributed by atoms with Gasteiger partial charge in [-0.05, 0) is 149 Å². The fourth-order valence-corrected chi connectivity index (χ4v) is 11.6. The highest BCUT2D eigenvalue weighted by atomic mass is 19.4.